The van der Waals surface area contributed by atoms with Gasteiger partial charge in [0, 0.05) is 24.8 Å². The Hall–Kier alpha value is -2.77. The van der Waals surface area contributed by atoms with Crippen LogP contribution in [0.15, 0.2) is 34.8 Å². The third-order valence-electron chi connectivity index (χ3n) is 1.95. The van der Waals surface area contributed by atoms with Crippen LogP contribution in [0.1, 0.15) is 12.7 Å². The van der Waals surface area contributed by atoms with E-state index in [0.29, 0.717) is 23.2 Å². The maximum atomic E-state index is 4.05. The van der Waals surface area contributed by atoms with Crippen LogP contribution in [0.4, 0.5) is 0 Å². The highest BCUT2D eigenvalue weighted by atomic mass is 15.3. The number of imidazole rings is 1. The molecule has 1 N–H and O–H groups in total. The van der Waals surface area contributed by atoms with Crippen LogP contribution in [0.25, 0.3) is 11.6 Å². The van der Waals surface area contributed by atoms with E-state index in [0.717, 1.165) is 0 Å². The lowest BCUT2D eigenvalue weighted by atomic mass is 10.4. The first-order valence-corrected chi connectivity index (χ1v) is 5.04. The van der Waals surface area contributed by atoms with E-state index in [1.807, 2.05) is 0 Å². The lowest BCUT2D eigenvalue weighted by Gasteiger charge is -1.96. The zero-order valence-electron chi connectivity index (χ0n) is 9.65. The maximum absolute atomic E-state index is 4.05. The molecule has 0 amide bonds. The maximum Gasteiger partial charge on any atom is 0.238 e. The van der Waals surface area contributed by atoms with Crippen molar-refractivity contribution in [3.8, 4) is 11.6 Å². The number of aromatic nitrogens is 6. The summed E-state index contributed by atoms with van der Waals surface area (Å²) in [6, 6.07) is 0. The summed E-state index contributed by atoms with van der Waals surface area (Å²) in [7, 11) is 0. The fourth-order valence-electron chi connectivity index (χ4n) is 1.11. The summed E-state index contributed by atoms with van der Waals surface area (Å²) >= 11 is 0. The molecule has 0 spiro atoms. The minimum atomic E-state index is 0.333. The first-order chi connectivity index (χ1) is 8.81. The molecule has 8 heteroatoms. The summed E-state index contributed by atoms with van der Waals surface area (Å²) in [6.07, 6.45) is 6.23. The van der Waals surface area contributed by atoms with Crippen molar-refractivity contribution in [3.05, 3.63) is 30.6 Å². The van der Waals surface area contributed by atoms with Gasteiger partial charge in [0.1, 0.15) is 0 Å². The Morgan fingerprint density at radius 2 is 2.06 bits per heavy atom. The van der Waals surface area contributed by atoms with E-state index in [1.165, 1.54) is 12.4 Å². The van der Waals surface area contributed by atoms with Gasteiger partial charge in [-0.05, 0) is 13.6 Å². The molecular formula is C10H10N8. The largest absolute Gasteiger partial charge is 0.342 e. The van der Waals surface area contributed by atoms with Crippen LogP contribution in [0.5, 0.6) is 0 Å². The van der Waals surface area contributed by atoms with E-state index in [4.69, 9.17) is 0 Å². The topological polar surface area (TPSA) is 105 Å². The molecule has 0 aromatic carbocycles. The van der Waals surface area contributed by atoms with Crippen LogP contribution in [-0.4, -0.2) is 42.8 Å². The van der Waals surface area contributed by atoms with E-state index >= 15 is 0 Å². The average Bonchev–Trinajstić information content (AvgIpc) is 2.93. The Bertz CT molecular complexity index is 566. The first-order valence-electron chi connectivity index (χ1n) is 5.04. The molecule has 90 valence electrons. The second-order valence-corrected chi connectivity index (χ2v) is 3.18. The average molecular weight is 242 g/mol. The molecular weight excluding hydrogens is 232 g/mol. The number of rotatable bonds is 4. The van der Waals surface area contributed by atoms with Gasteiger partial charge in [-0.1, -0.05) is 0 Å². The third kappa shape index (κ3) is 2.67. The van der Waals surface area contributed by atoms with Crippen LogP contribution in [0.2, 0.25) is 0 Å². The van der Waals surface area contributed by atoms with Gasteiger partial charge in [-0.3, -0.25) is 9.98 Å². The van der Waals surface area contributed by atoms with Gasteiger partial charge < -0.3 is 4.98 Å². The number of H-pyrrole nitrogens is 1. The lowest BCUT2D eigenvalue weighted by molar-refractivity contribution is 0.841. The highest BCUT2D eigenvalue weighted by Crippen LogP contribution is 2.04. The van der Waals surface area contributed by atoms with Gasteiger partial charge in [0.2, 0.25) is 11.6 Å². The lowest BCUT2D eigenvalue weighted by Crippen LogP contribution is -2.07. The normalized spacial score (nSPS) is 11.9. The Morgan fingerprint density at radius 3 is 2.67 bits per heavy atom. The molecule has 2 heterocycles. The first kappa shape index (κ1) is 11.7. The number of hydrogen-bond acceptors (Lipinski definition) is 7. The zero-order valence-corrected chi connectivity index (χ0v) is 9.65. The summed E-state index contributed by atoms with van der Waals surface area (Å²) in [6.45, 7) is 5.05. The summed E-state index contributed by atoms with van der Waals surface area (Å²) in [4.78, 5) is 14.4. The van der Waals surface area contributed by atoms with E-state index < -0.39 is 0 Å². The molecule has 2 aromatic heterocycles. The molecule has 0 fully saturated rings. The molecule has 0 bridgehead atoms. The van der Waals surface area contributed by atoms with Crippen molar-refractivity contribution in [3.63, 3.8) is 0 Å². The smallest absolute Gasteiger partial charge is 0.238 e. The standard InChI is InChI=1S/C10H10N8/c1-7(12-4-3-11-2)8-15-17-10(18-16-8)9-13-5-6-14-9/h3-6H,2H2,1H3,(H,13,14)/b4-3-,12-7?. The van der Waals surface area contributed by atoms with E-state index in [2.05, 4.69) is 47.1 Å². The highest BCUT2D eigenvalue weighted by molar-refractivity contribution is 5.95. The van der Waals surface area contributed by atoms with Gasteiger partial charge in [-0.15, -0.1) is 20.4 Å². The monoisotopic (exact) mass is 242 g/mol. The van der Waals surface area contributed by atoms with E-state index in [-0.39, 0.29) is 0 Å². The van der Waals surface area contributed by atoms with Crippen molar-refractivity contribution in [2.24, 2.45) is 9.98 Å². The predicted octanol–water partition coefficient (Wildman–Crippen LogP) is 0.637. The fraction of sp³-hybridized carbons (Fsp3) is 0.100. The molecule has 0 aliphatic rings. The van der Waals surface area contributed by atoms with Crippen LogP contribution in [0, 0.1) is 0 Å². The van der Waals surface area contributed by atoms with Gasteiger partial charge in [-0.25, -0.2) is 4.98 Å². The highest BCUT2D eigenvalue weighted by Gasteiger charge is 2.07. The van der Waals surface area contributed by atoms with E-state index in [9.17, 15) is 0 Å². The van der Waals surface area contributed by atoms with Crippen molar-refractivity contribution in [2.75, 3.05) is 0 Å². The molecule has 0 atom stereocenters. The Balaban J connectivity index is 2.20. The number of aliphatic imine (C=N–C) groups is 2. The van der Waals surface area contributed by atoms with E-state index in [1.54, 1.807) is 19.3 Å². The van der Waals surface area contributed by atoms with Crippen molar-refractivity contribution < 1.29 is 0 Å². The van der Waals surface area contributed by atoms with Crippen LogP contribution < -0.4 is 0 Å². The molecule has 18 heavy (non-hydrogen) atoms. The second kappa shape index (κ2) is 5.53. The molecule has 8 nitrogen and oxygen atoms in total. The third-order valence-corrected chi connectivity index (χ3v) is 1.95. The molecule has 2 rings (SSSR count). The molecule has 0 saturated carbocycles. The fourth-order valence-corrected chi connectivity index (χ4v) is 1.11. The molecule has 2 aromatic rings. The molecule has 0 aliphatic carbocycles. The van der Waals surface area contributed by atoms with Crippen molar-refractivity contribution in [1.82, 2.24) is 30.4 Å². The second-order valence-electron chi connectivity index (χ2n) is 3.18. The Morgan fingerprint density at radius 1 is 1.28 bits per heavy atom. The summed E-state index contributed by atoms with van der Waals surface area (Å²) in [5.41, 5.74) is 0.584. The summed E-state index contributed by atoms with van der Waals surface area (Å²) in [5, 5.41) is 15.7. The zero-order chi connectivity index (χ0) is 12.8. The van der Waals surface area contributed by atoms with Crippen LogP contribution in [-0.2, 0) is 0 Å². The van der Waals surface area contributed by atoms with Gasteiger partial charge >= 0.3 is 0 Å². The van der Waals surface area contributed by atoms with Crippen molar-refractivity contribution >= 4 is 12.4 Å². The number of nitrogens with one attached hydrogen (secondary N) is 1. The molecule has 0 radical (unpaired) electrons. The number of hydrogen-bond donors (Lipinski definition) is 1. The minimum absolute atomic E-state index is 0.333. The van der Waals surface area contributed by atoms with Crippen molar-refractivity contribution in [2.45, 2.75) is 6.92 Å². The summed E-state index contributed by atoms with van der Waals surface area (Å²) < 4.78 is 0. The quantitative estimate of drug-likeness (QED) is 0.792. The van der Waals surface area contributed by atoms with Gasteiger partial charge in [0.05, 0.1) is 5.71 Å². The van der Waals surface area contributed by atoms with Crippen LogP contribution >= 0.6 is 0 Å². The van der Waals surface area contributed by atoms with Crippen molar-refractivity contribution in [1.29, 1.82) is 0 Å². The Kier molecular flexibility index (Phi) is 3.59. The van der Waals surface area contributed by atoms with Gasteiger partial charge in [0.25, 0.3) is 0 Å². The predicted molar refractivity (Wildman–Crippen MR) is 66.1 cm³/mol. The van der Waals surface area contributed by atoms with Gasteiger partial charge in [-0.2, -0.15) is 0 Å². The molecule has 0 aliphatic heterocycles. The molecule has 0 unspecified atom stereocenters. The Labute approximate surface area is 103 Å². The summed E-state index contributed by atoms with van der Waals surface area (Å²) in [5.74, 6) is 1.20. The number of aromatic amines is 1. The van der Waals surface area contributed by atoms with Gasteiger partial charge in [0.15, 0.2) is 5.82 Å². The SMILES string of the molecule is C=N/C=C\N=C(C)c1nnc(-c2ncc[nH]2)nn1. The van der Waals surface area contributed by atoms with Crippen LogP contribution in [0.3, 0.4) is 0 Å². The number of nitrogens with zero attached hydrogens (tertiary/aromatic N) is 7. The molecule has 0 saturated heterocycles. The minimum Gasteiger partial charge on any atom is -0.342 e.